The molecule has 1 aliphatic rings. The van der Waals surface area contributed by atoms with Crippen molar-refractivity contribution in [2.24, 2.45) is 5.92 Å². The Bertz CT molecular complexity index is 1030. The van der Waals surface area contributed by atoms with Gasteiger partial charge in [0.15, 0.2) is 11.6 Å². The minimum Gasteiger partial charge on any atom is -0.403 e. The Morgan fingerprint density at radius 3 is 2.31 bits per heavy atom. The van der Waals surface area contributed by atoms with Crippen molar-refractivity contribution in [2.45, 2.75) is 42.7 Å². The molecule has 0 heterocycles. The number of ether oxygens (including phenoxy) is 1. The Morgan fingerprint density at radius 1 is 1.00 bits per heavy atom. The van der Waals surface area contributed by atoms with Crippen molar-refractivity contribution < 1.29 is 35.5 Å². The number of hydrogen-bond acceptors (Lipinski definition) is 2. The quantitative estimate of drug-likeness (QED) is 0.293. The highest BCUT2D eigenvalue weighted by atomic mass is 32.2. The molecule has 172 valence electrons. The molecule has 1 unspecified atom stereocenters. The molecule has 1 nitrogen and oxygen atoms in total. The van der Waals surface area contributed by atoms with Crippen LogP contribution in [0.25, 0.3) is 5.57 Å². The van der Waals surface area contributed by atoms with Crippen LogP contribution in [-0.2, 0) is 5.25 Å². The molecule has 1 aliphatic carbocycles. The molecule has 0 radical (unpaired) electrons. The second-order valence-corrected chi connectivity index (χ2v) is 8.44. The zero-order chi connectivity index (χ0) is 23.5. The molecule has 9 heteroatoms. The lowest BCUT2D eigenvalue weighted by molar-refractivity contribution is -0.275. The third kappa shape index (κ3) is 6.09. The molecule has 0 fully saturated rings. The van der Waals surface area contributed by atoms with Gasteiger partial charge in [0.05, 0.1) is 5.56 Å². The van der Waals surface area contributed by atoms with Crippen LogP contribution >= 0.6 is 11.8 Å². The van der Waals surface area contributed by atoms with E-state index >= 15 is 0 Å². The van der Waals surface area contributed by atoms with E-state index < -0.39 is 34.6 Å². The van der Waals surface area contributed by atoms with Gasteiger partial charge in [-0.15, -0.1) is 13.2 Å². The molecule has 0 bridgehead atoms. The van der Waals surface area contributed by atoms with Crippen LogP contribution in [0, 0.1) is 17.6 Å². The van der Waals surface area contributed by atoms with Gasteiger partial charge in [-0.3, -0.25) is 0 Å². The number of hydrogen-bond donors (Lipinski definition) is 0. The van der Waals surface area contributed by atoms with Crippen LogP contribution in [0.15, 0.2) is 59.5 Å². The maximum absolute atomic E-state index is 14.7. The van der Waals surface area contributed by atoms with E-state index in [9.17, 15) is 30.7 Å². The molecular weight excluding hydrogens is 457 g/mol. The van der Waals surface area contributed by atoms with Crippen molar-refractivity contribution in [1.29, 1.82) is 0 Å². The molecule has 2 aromatic carbocycles. The summed E-state index contributed by atoms with van der Waals surface area (Å²) in [4.78, 5) is -0.384. The standard InChI is InChI=1S/C23H19F7OS/c1-2-3-14-4-6-15(7-5-14)16-8-10-18(19(24)12-16)22(26,27)32-17-9-11-21(20(25)13-17)31-23(28,29)30/h4,6-14H,2-3,5H2,1H3. The molecule has 2 aromatic rings. The molecule has 0 aliphatic heterocycles. The zero-order valence-corrected chi connectivity index (χ0v) is 17.7. The lowest BCUT2D eigenvalue weighted by Gasteiger charge is -2.19. The summed E-state index contributed by atoms with van der Waals surface area (Å²) >= 11 is -0.178. The summed E-state index contributed by atoms with van der Waals surface area (Å²) in [5, 5.41) is -3.79. The molecule has 0 N–H and O–H groups in total. The van der Waals surface area contributed by atoms with Crippen molar-refractivity contribution in [3.05, 3.63) is 77.4 Å². The average molecular weight is 476 g/mol. The third-order valence-electron chi connectivity index (χ3n) is 4.84. The van der Waals surface area contributed by atoms with Crippen molar-refractivity contribution >= 4 is 17.3 Å². The summed E-state index contributed by atoms with van der Waals surface area (Å²) in [5.74, 6) is -3.34. The first-order valence-electron chi connectivity index (χ1n) is 9.79. The SMILES string of the molecule is CCCC1C=CC(c2ccc(C(F)(F)Sc3ccc(OC(F)(F)F)c(F)c3)c(F)c2)=CC1. The van der Waals surface area contributed by atoms with Crippen molar-refractivity contribution in [2.75, 3.05) is 0 Å². The van der Waals surface area contributed by atoms with Gasteiger partial charge in [0.25, 0.3) is 0 Å². The summed E-state index contributed by atoms with van der Waals surface area (Å²) in [7, 11) is 0. The van der Waals surface area contributed by atoms with Crippen molar-refractivity contribution in [3.8, 4) is 5.75 Å². The normalized spacial score (nSPS) is 16.8. The zero-order valence-electron chi connectivity index (χ0n) is 16.9. The summed E-state index contributed by atoms with van der Waals surface area (Å²) in [6.07, 6.45) is 3.54. The van der Waals surface area contributed by atoms with Crippen LogP contribution < -0.4 is 4.74 Å². The number of alkyl halides is 5. The first kappa shape index (κ1) is 24.2. The van der Waals surface area contributed by atoms with Crippen LogP contribution in [0.5, 0.6) is 5.75 Å². The van der Waals surface area contributed by atoms with Crippen LogP contribution in [0.3, 0.4) is 0 Å². The van der Waals surface area contributed by atoms with Crippen LogP contribution in [-0.4, -0.2) is 6.36 Å². The predicted octanol–water partition coefficient (Wildman–Crippen LogP) is 8.46. The van der Waals surface area contributed by atoms with Gasteiger partial charge >= 0.3 is 11.6 Å². The van der Waals surface area contributed by atoms with E-state index in [0.717, 1.165) is 43.0 Å². The minimum absolute atomic E-state index is 0.178. The van der Waals surface area contributed by atoms with Gasteiger partial charge in [0.1, 0.15) is 5.82 Å². The maximum Gasteiger partial charge on any atom is 0.573 e. The largest absolute Gasteiger partial charge is 0.573 e. The fraction of sp³-hybridized carbons (Fsp3) is 0.304. The third-order valence-corrected chi connectivity index (χ3v) is 5.80. The molecule has 3 rings (SSSR count). The molecule has 0 saturated heterocycles. The topological polar surface area (TPSA) is 9.23 Å². The molecule has 0 spiro atoms. The summed E-state index contributed by atoms with van der Waals surface area (Å²) in [5.41, 5.74) is 0.283. The van der Waals surface area contributed by atoms with Crippen molar-refractivity contribution in [3.63, 3.8) is 0 Å². The van der Waals surface area contributed by atoms with Gasteiger partial charge < -0.3 is 4.74 Å². The molecule has 32 heavy (non-hydrogen) atoms. The van der Waals surface area contributed by atoms with Gasteiger partial charge in [-0.1, -0.05) is 37.6 Å². The maximum atomic E-state index is 14.7. The first-order valence-corrected chi connectivity index (χ1v) is 10.6. The number of rotatable bonds is 7. The van der Waals surface area contributed by atoms with E-state index in [2.05, 4.69) is 11.7 Å². The van der Waals surface area contributed by atoms with E-state index in [0.29, 0.717) is 23.6 Å². The molecule has 0 amide bonds. The van der Waals surface area contributed by atoms with E-state index in [1.165, 1.54) is 6.07 Å². The number of benzene rings is 2. The highest BCUT2D eigenvalue weighted by Crippen LogP contribution is 2.46. The Balaban J connectivity index is 1.76. The highest BCUT2D eigenvalue weighted by Gasteiger charge is 2.37. The lowest BCUT2D eigenvalue weighted by Crippen LogP contribution is -2.18. The van der Waals surface area contributed by atoms with Crippen LogP contribution in [0.4, 0.5) is 30.7 Å². The number of allylic oxidation sites excluding steroid dienone is 4. The van der Waals surface area contributed by atoms with Gasteiger partial charge in [-0.25, -0.2) is 8.78 Å². The summed E-state index contributed by atoms with van der Waals surface area (Å²) in [6, 6.07) is 5.27. The van der Waals surface area contributed by atoms with Crippen LogP contribution in [0.1, 0.15) is 37.3 Å². The van der Waals surface area contributed by atoms with E-state index in [1.807, 2.05) is 18.2 Å². The fourth-order valence-electron chi connectivity index (χ4n) is 3.35. The Hall–Kier alpha value is -2.42. The smallest absolute Gasteiger partial charge is 0.403 e. The van der Waals surface area contributed by atoms with Gasteiger partial charge in [-0.2, -0.15) is 8.78 Å². The van der Waals surface area contributed by atoms with Crippen LogP contribution in [0.2, 0.25) is 0 Å². The Labute approximate surface area is 185 Å². The first-order chi connectivity index (χ1) is 15.0. The molecule has 0 saturated carbocycles. The fourth-order valence-corrected chi connectivity index (χ4v) is 4.22. The summed E-state index contributed by atoms with van der Waals surface area (Å²) < 4.78 is 97.8. The Kier molecular flexibility index (Phi) is 7.27. The number of halogens is 7. The second kappa shape index (κ2) is 9.60. The lowest BCUT2D eigenvalue weighted by atomic mass is 9.90. The summed E-state index contributed by atoms with van der Waals surface area (Å²) in [6.45, 7) is 2.08. The van der Waals surface area contributed by atoms with E-state index in [1.54, 1.807) is 0 Å². The monoisotopic (exact) mass is 476 g/mol. The van der Waals surface area contributed by atoms with Gasteiger partial charge in [0, 0.05) is 4.90 Å². The van der Waals surface area contributed by atoms with Gasteiger partial charge in [-0.05, 0) is 72.0 Å². The van der Waals surface area contributed by atoms with E-state index in [-0.39, 0.29) is 16.7 Å². The molecule has 0 aromatic heterocycles. The van der Waals surface area contributed by atoms with Gasteiger partial charge in [0.2, 0.25) is 0 Å². The average Bonchev–Trinajstić information content (AvgIpc) is 2.69. The minimum atomic E-state index is -5.12. The molecule has 1 atom stereocenters. The highest BCUT2D eigenvalue weighted by molar-refractivity contribution is 8.00. The second-order valence-electron chi connectivity index (χ2n) is 7.26. The van der Waals surface area contributed by atoms with E-state index in [4.69, 9.17) is 0 Å². The molecular formula is C23H19F7OS. The number of thioether (sulfide) groups is 1. The van der Waals surface area contributed by atoms with Crippen molar-refractivity contribution in [1.82, 2.24) is 0 Å². The predicted molar refractivity (Wildman–Crippen MR) is 109 cm³/mol. The Morgan fingerprint density at radius 2 is 1.75 bits per heavy atom.